The van der Waals surface area contributed by atoms with E-state index in [2.05, 4.69) is 5.32 Å². The molecule has 2 rings (SSSR count). The van der Waals surface area contributed by atoms with Crippen LogP contribution in [0.15, 0.2) is 18.2 Å². The highest BCUT2D eigenvalue weighted by Crippen LogP contribution is 2.23. The maximum absolute atomic E-state index is 13.7. The quantitative estimate of drug-likeness (QED) is 0.841. The van der Waals surface area contributed by atoms with Crippen molar-refractivity contribution in [3.63, 3.8) is 0 Å². The van der Waals surface area contributed by atoms with Crippen LogP contribution >= 0.6 is 24.2 Å². The number of halogens is 2. The van der Waals surface area contributed by atoms with Gasteiger partial charge < -0.3 is 10.2 Å². The molecule has 6 heteroatoms. The molecule has 0 radical (unpaired) electrons. The van der Waals surface area contributed by atoms with Crippen LogP contribution < -0.4 is 5.32 Å². The van der Waals surface area contributed by atoms with Crippen molar-refractivity contribution in [1.29, 1.82) is 0 Å². The Balaban J connectivity index is 0.00000264. The summed E-state index contributed by atoms with van der Waals surface area (Å²) in [5.74, 6) is 1.11. The zero-order valence-electron chi connectivity index (χ0n) is 13.8. The first-order chi connectivity index (χ1) is 10.7. The van der Waals surface area contributed by atoms with Gasteiger partial charge in [-0.1, -0.05) is 0 Å². The number of hydrogen-bond acceptors (Lipinski definition) is 3. The number of carbonyl (C=O) groups excluding carboxylic acids is 1. The highest BCUT2D eigenvalue weighted by Gasteiger charge is 2.23. The number of nitrogens with zero attached hydrogens (tertiary/aromatic N) is 1. The molecule has 3 nitrogen and oxygen atoms in total. The molecule has 0 aromatic heterocycles. The number of nitrogens with one attached hydrogen (secondary N) is 1. The Morgan fingerprint density at radius 1 is 1.39 bits per heavy atom. The van der Waals surface area contributed by atoms with E-state index in [-0.39, 0.29) is 24.1 Å². The molecule has 0 atom stereocenters. The summed E-state index contributed by atoms with van der Waals surface area (Å²) >= 11 is 1.56. The van der Waals surface area contributed by atoms with Gasteiger partial charge >= 0.3 is 0 Å². The van der Waals surface area contributed by atoms with E-state index in [4.69, 9.17) is 0 Å². The molecule has 1 fully saturated rings. The molecule has 1 N–H and O–H groups in total. The maximum atomic E-state index is 13.7. The number of rotatable bonds is 6. The summed E-state index contributed by atoms with van der Waals surface area (Å²) in [5, 5.41) is 3.18. The molecular weight excluding hydrogens is 335 g/mol. The molecule has 0 bridgehead atoms. The number of hydrogen-bond donors (Lipinski definition) is 1. The monoisotopic (exact) mass is 360 g/mol. The molecule has 0 spiro atoms. The summed E-state index contributed by atoms with van der Waals surface area (Å²) in [6, 6.07) is 4.73. The van der Waals surface area contributed by atoms with E-state index in [1.807, 2.05) is 18.2 Å². The average molecular weight is 361 g/mol. The zero-order valence-corrected chi connectivity index (χ0v) is 15.4. The Bertz CT molecular complexity index is 507. The summed E-state index contributed by atoms with van der Waals surface area (Å²) in [5.41, 5.74) is 1.22. The van der Waals surface area contributed by atoms with Crippen molar-refractivity contribution in [3.05, 3.63) is 35.1 Å². The first-order valence-corrected chi connectivity index (χ1v) is 9.26. The number of carbonyl (C=O) groups is 1. The number of benzene rings is 1. The standard InChI is InChI=1S/C17H25FN2OS.ClH/c1-19-8-5-13-6-9-20(10-7-13)17(21)14-3-4-16(18)15(11-14)12-22-2;/h3-4,11,13,19H,5-10,12H2,1-2H3;1H. The highest BCUT2D eigenvalue weighted by molar-refractivity contribution is 7.97. The molecule has 0 unspecified atom stereocenters. The van der Waals surface area contributed by atoms with Gasteiger partial charge in [0.15, 0.2) is 0 Å². The second kappa shape index (κ2) is 10.2. The van der Waals surface area contributed by atoms with Gasteiger partial charge in [-0.3, -0.25) is 4.79 Å². The minimum absolute atomic E-state index is 0. The van der Waals surface area contributed by atoms with Gasteiger partial charge in [-0.2, -0.15) is 11.8 Å². The van der Waals surface area contributed by atoms with Crippen LogP contribution in [-0.4, -0.2) is 43.7 Å². The number of piperidine rings is 1. The lowest BCUT2D eigenvalue weighted by molar-refractivity contribution is 0.0687. The highest BCUT2D eigenvalue weighted by atomic mass is 35.5. The van der Waals surface area contributed by atoms with E-state index in [0.717, 1.165) is 32.5 Å². The van der Waals surface area contributed by atoms with Crippen molar-refractivity contribution in [3.8, 4) is 0 Å². The molecule has 1 aliphatic heterocycles. The molecule has 130 valence electrons. The lowest BCUT2D eigenvalue weighted by atomic mass is 9.93. The Morgan fingerprint density at radius 2 is 2.09 bits per heavy atom. The normalized spacial score (nSPS) is 15.3. The predicted molar refractivity (Wildman–Crippen MR) is 98.0 cm³/mol. The Hall–Kier alpha value is -0.780. The van der Waals surface area contributed by atoms with Crippen LogP contribution in [0, 0.1) is 11.7 Å². The molecule has 0 aliphatic carbocycles. The van der Waals surface area contributed by atoms with Gasteiger partial charge in [-0.05, 0) is 68.8 Å². The van der Waals surface area contributed by atoms with Crippen molar-refractivity contribution in [2.45, 2.75) is 25.0 Å². The number of amides is 1. The van der Waals surface area contributed by atoms with E-state index in [1.165, 1.54) is 12.5 Å². The molecule has 1 aromatic carbocycles. The summed E-state index contributed by atoms with van der Waals surface area (Å²) < 4.78 is 13.7. The van der Waals surface area contributed by atoms with Crippen molar-refractivity contribution in [2.75, 3.05) is 32.9 Å². The van der Waals surface area contributed by atoms with Crippen molar-refractivity contribution in [2.24, 2.45) is 5.92 Å². The van der Waals surface area contributed by atoms with Crippen LogP contribution in [0.5, 0.6) is 0 Å². The number of likely N-dealkylation sites (tertiary alicyclic amines) is 1. The van der Waals surface area contributed by atoms with Crippen molar-refractivity contribution < 1.29 is 9.18 Å². The SMILES string of the molecule is CNCCC1CCN(C(=O)c2ccc(F)c(CSC)c2)CC1.Cl. The Labute approximate surface area is 148 Å². The predicted octanol–water partition coefficient (Wildman–Crippen LogP) is 3.57. The van der Waals surface area contributed by atoms with Crippen LogP contribution in [0.1, 0.15) is 35.2 Å². The van der Waals surface area contributed by atoms with Crippen molar-refractivity contribution in [1.82, 2.24) is 10.2 Å². The third-order valence-corrected chi connectivity index (χ3v) is 4.90. The third kappa shape index (κ3) is 5.66. The summed E-state index contributed by atoms with van der Waals surface area (Å²) in [6.45, 7) is 2.65. The average Bonchev–Trinajstić information content (AvgIpc) is 2.55. The third-order valence-electron chi connectivity index (χ3n) is 4.30. The first kappa shape index (κ1) is 20.3. The second-order valence-electron chi connectivity index (χ2n) is 5.87. The van der Waals surface area contributed by atoms with E-state index in [1.54, 1.807) is 23.9 Å². The lowest BCUT2D eigenvalue weighted by Gasteiger charge is -2.32. The smallest absolute Gasteiger partial charge is 0.253 e. The molecule has 0 saturated carbocycles. The van der Waals surface area contributed by atoms with Crippen LogP contribution in [0.3, 0.4) is 0 Å². The van der Waals surface area contributed by atoms with Crippen LogP contribution in [-0.2, 0) is 5.75 Å². The van der Waals surface area contributed by atoms with Crippen molar-refractivity contribution >= 4 is 30.1 Å². The van der Waals surface area contributed by atoms with E-state index in [9.17, 15) is 9.18 Å². The molecule has 1 heterocycles. The first-order valence-electron chi connectivity index (χ1n) is 7.87. The number of thioether (sulfide) groups is 1. The van der Waals surface area contributed by atoms with Crippen LogP contribution in [0.25, 0.3) is 0 Å². The Morgan fingerprint density at radius 3 is 2.70 bits per heavy atom. The fraction of sp³-hybridized carbons (Fsp3) is 0.588. The summed E-state index contributed by atoms with van der Waals surface area (Å²) in [7, 11) is 1.97. The van der Waals surface area contributed by atoms with Gasteiger partial charge in [0.05, 0.1) is 0 Å². The lowest BCUT2D eigenvalue weighted by Crippen LogP contribution is -2.39. The van der Waals surface area contributed by atoms with Crippen LogP contribution in [0.2, 0.25) is 0 Å². The van der Waals surface area contributed by atoms with Gasteiger partial charge in [0.25, 0.3) is 5.91 Å². The topological polar surface area (TPSA) is 32.3 Å². The Kier molecular flexibility index (Phi) is 8.95. The minimum Gasteiger partial charge on any atom is -0.339 e. The van der Waals surface area contributed by atoms with E-state index >= 15 is 0 Å². The molecule has 1 aliphatic rings. The molecule has 1 aromatic rings. The van der Waals surface area contributed by atoms with Crippen LogP contribution in [0.4, 0.5) is 4.39 Å². The van der Waals surface area contributed by atoms with Gasteiger partial charge in [-0.15, -0.1) is 12.4 Å². The zero-order chi connectivity index (χ0) is 15.9. The van der Waals surface area contributed by atoms with Gasteiger partial charge in [-0.25, -0.2) is 4.39 Å². The van der Waals surface area contributed by atoms with E-state index in [0.29, 0.717) is 22.8 Å². The fourth-order valence-electron chi connectivity index (χ4n) is 2.93. The fourth-order valence-corrected chi connectivity index (χ4v) is 3.46. The van der Waals surface area contributed by atoms with E-state index < -0.39 is 0 Å². The molecule has 1 saturated heterocycles. The molecular formula is C17H26ClFN2OS. The van der Waals surface area contributed by atoms with Gasteiger partial charge in [0.2, 0.25) is 0 Å². The summed E-state index contributed by atoms with van der Waals surface area (Å²) in [6.07, 6.45) is 5.23. The second-order valence-corrected chi connectivity index (χ2v) is 6.73. The molecule has 23 heavy (non-hydrogen) atoms. The maximum Gasteiger partial charge on any atom is 0.253 e. The summed E-state index contributed by atoms with van der Waals surface area (Å²) in [4.78, 5) is 14.5. The minimum atomic E-state index is -0.225. The van der Waals surface area contributed by atoms with Gasteiger partial charge in [0, 0.05) is 24.4 Å². The molecule has 1 amide bonds. The van der Waals surface area contributed by atoms with Gasteiger partial charge in [0.1, 0.15) is 5.82 Å². The largest absolute Gasteiger partial charge is 0.339 e.